The van der Waals surface area contributed by atoms with Gasteiger partial charge in [0.05, 0.1) is 22.7 Å². The summed E-state index contributed by atoms with van der Waals surface area (Å²) >= 11 is 3.22. The van der Waals surface area contributed by atoms with Crippen molar-refractivity contribution in [2.24, 2.45) is 0 Å². The lowest BCUT2D eigenvalue weighted by Gasteiger charge is -2.09. The van der Waals surface area contributed by atoms with Crippen molar-refractivity contribution in [2.75, 3.05) is 5.32 Å². The van der Waals surface area contributed by atoms with Gasteiger partial charge in [-0.05, 0) is 62.6 Å². The molecule has 31 heavy (non-hydrogen) atoms. The molecule has 0 spiro atoms. The average molecular weight is 448 g/mol. The van der Waals surface area contributed by atoms with Gasteiger partial charge < -0.3 is 5.32 Å². The Morgan fingerprint density at radius 2 is 1.81 bits per heavy atom. The molecule has 2 aromatic carbocycles. The number of thioether (sulfide) groups is 1. The van der Waals surface area contributed by atoms with Crippen LogP contribution in [0.4, 0.5) is 5.69 Å². The van der Waals surface area contributed by atoms with Crippen LogP contribution in [0.1, 0.15) is 33.0 Å². The largest absolute Gasteiger partial charge is 0.325 e. The number of carbonyl (C=O) groups excluding carboxylic acids is 1. The highest BCUT2D eigenvalue weighted by Gasteiger charge is 2.11. The van der Waals surface area contributed by atoms with Crippen LogP contribution in [0.15, 0.2) is 52.9 Å². The second kappa shape index (κ2) is 9.20. The van der Waals surface area contributed by atoms with E-state index in [0.29, 0.717) is 0 Å². The minimum absolute atomic E-state index is 0.0413. The Morgan fingerprint density at radius 1 is 1.00 bits per heavy atom. The molecule has 4 nitrogen and oxygen atoms in total. The van der Waals surface area contributed by atoms with Gasteiger partial charge in [-0.3, -0.25) is 4.79 Å². The molecule has 1 N–H and O–H groups in total. The SMILES string of the molecule is Cc1cc(C)c2nc(SCc3csc(CC(=O)Nc4ccccc4C)n3)cc(C)c2c1. The number of aryl methyl sites for hydroxylation is 4. The summed E-state index contributed by atoms with van der Waals surface area (Å²) in [5.41, 5.74) is 7.66. The molecule has 0 radical (unpaired) electrons. The maximum Gasteiger partial charge on any atom is 0.231 e. The van der Waals surface area contributed by atoms with Crippen LogP contribution in [-0.2, 0) is 17.0 Å². The van der Waals surface area contributed by atoms with Gasteiger partial charge in [-0.2, -0.15) is 0 Å². The van der Waals surface area contributed by atoms with E-state index in [9.17, 15) is 4.79 Å². The fraction of sp³-hybridized carbons (Fsp3) is 0.240. The molecule has 6 heteroatoms. The molecule has 0 saturated carbocycles. The first kappa shape index (κ1) is 21.5. The van der Waals surface area contributed by atoms with Crippen molar-refractivity contribution in [1.82, 2.24) is 9.97 Å². The zero-order valence-corrected chi connectivity index (χ0v) is 19.8. The van der Waals surface area contributed by atoms with E-state index in [2.05, 4.69) is 49.3 Å². The zero-order chi connectivity index (χ0) is 22.0. The summed E-state index contributed by atoms with van der Waals surface area (Å²) in [7, 11) is 0. The number of nitrogens with zero attached hydrogens (tertiary/aromatic N) is 2. The molecule has 0 aliphatic heterocycles. The summed E-state index contributed by atoms with van der Waals surface area (Å²) in [6, 6.07) is 14.3. The predicted octanol–water partition coefficient (Wildman–Crippen LogP) is 6.40. The van der Waals surface area contributed by atoms with Crippen LogP contribution in [0, 0.1) is 27.7 Å². The molecule has 2 heterocycles. The summed E-state index contributed by atoms with van der Waals surface area (Å²) in [5.74, 6) is 0.694. The molecule has 0 aliphatic rings. The number of anilines is 1. The molecular weight excluding hydrogens is 422 g/mol. The number of benzene rings is 2. The van der Waals surface area contributed by atoms with E-state index in [1.165, 1.54) is 33.4 Å². The van der Waals surface area contributed by atoms with Gasteiger partial charge in [0.25, 0.3) is 0 Å². The first-order valence-electron chi connectivity index (χ1n) is 10.2. The fourth-order valence-electron chi connectivity index (χ4n) is 3.58. The van der Waals surface area contributed by atoms with Crippen LogP contribution in [0.5, 0.6) is 0 Å². The Hall–Kier alpha value is -2.70. The molecule has 0 aliphatic carbocycles. The van der Waals surface area contributed by atoms with E-state index in [1.54, 1.807) is 11.8 Å². The first-order valence-corrected chi connectivity index (χ1v) is 12.1. The zero-order valence-electron chi connectivity index (χ0n) is 18.2. The number of para-hydroxylation sites is 1. The molecule has 4 rings (SSSR count). The van der Waals surface area contributed by atoms with Crippen LogP contribution < -0.4 is 5.32 Å². The molecule has 0 unspecified atom stereocenters. The third-order valence-corrected chi connectivity index (χ3v) is 6.97. The Labute approximate surface area is 191 Å². The minimum atomic E-state index is -0.0413. The molecule has 4 aromatic rings. The maximum atomic E-state index is 12.4. The van der Waals surface area contributed by atoms with E-state index >= 15 is 0 Å². The summed E-state index contributed by atoms with van der Waals surface area (Å²) in [6.45, 7) is 8.36. The highest BCUT2D eigenvalue weighted by Crippen LogP contribution is 2.29. The minimum Gasteiger partial charge on any atom is -0.325 e. The summed E-state index contributed by atoms with van der Waals surface area (Å²) < 4.78 is 0. The molecule has 2 aromatic heterocycles. The van der Waals surface area contributed by atoms with Gasteiger partial charge in [-0.25, -0.2) is 9.97 Å². The van der Waals surface area contributed by atoms with Crippen molar-refractivity contribution in [3.8, 4) is 0 Å². The number of rotatable bonds is 6. The number of hydrogen-bond acceptors (Lipinski definition) is 5. The van der Waals surface area contributed by atoms with E-state index in [0.717, 1.165) is 38.2 Å². The normalized spacial score (nSPS) is 11.1. The van der Waals surface area contributed by atoms with Crippen LogP contribution in [0.25, 0.3) is 10.9 Å². The molecule has 0 atom stereocenters. The third-order valence-electron chi connectivity index (χ3n) is 5.13. The van der Waals surface area contributed by atoms with Gasteiger partial charge in [0.15, 0.2) is 0 Å². The van der Waals surface area contributed by atoms with Crippen molar-refractivity contribution in [3.63, 3.8) is 0 Å². The van der Waals surface area contributed by atoms with Crippen LogP contribution in [-0.4, -0.2) is 15.9 Å². The van der Waals surface area contributed by atoms with Gasteiger partial charge in [-0.1, -0.05) is 41.6 Å². The fourth-order valence-corrected chi connectivity index (χ4v) is 5.34. The number of aromatic nitrogens is 2. The second-order valence-corrected chi connectivity index (χ2v) is 9.75. The van der Waals surface area contributed by atoms with Crippen molar-refractivity contribution in [1.29, 1.82) is 0 Å². The Bertz CT molecular complexity index is 1260. The first-order chi connectivity index (χ1) is 14.9. The van der Waals surface area contributed by atoms with Gasteiger partial charge in [0, 0.05) is 22.2 Å². The van der Waals surface area contributed by atoms with Gasteiger partial charge >= 0.3 is 0 Å². The quantitative estimate of drug-likeness (QED) is 0.348. The van der Waals surface area contributed by atoms with Crippen molar-refractivity contribution in [2.45, 2.75) is 44.9 Å². The predicted molar refractivity (Wildman–Crippen MR) is 131 cm³/mol. The van der Waals surface area contributed by atoms with E-state index < -0.39 is 0 Å². The van der Waals surface area contributed by atoms with Crippen molar-refractivity contribution in [3.05, 3.63) is 80.8 Å². The Balaban J connectivity index is 1.40. The van der Waals surface area contributed by atoms with Crippen LogP contribution in [0.3, 0.4) is 0 Å². The topological polar surface area (TPSA) is 54.9 Å². The lowest BCUT2D eigenvalue weighted by atomic mass is 10.0. The van der Waals surface area contributed by atoms with Crippen LogP contribution >= 0.6 is 23.1 Å². The lowest BCUT2D eigenvalue weighted by Crippen LogP contribution is -2.15. The number of amides is 1. The number of thiazole rings is 1. The molecule has 0 fully saturated rings. The molecule has 158 valence electrons. The summed E-state index contributed by atoms with van der Waals surface area (Å²) in [4.78, 5) is 21.9. The smallest absolute Gasteiger partial charge is 0.231 e. The monoisotopic (exact) mass is 447 g/mol. The molecule has 0 bridgehead atoms. The van der Waals surface area contributed by atoms with Crippen LogP contribution in [0.2, 0.25) is 0 Å². The number of nitrogens with one attached hydrogen (secondary N) is 1. The van der Waals surface area contributed by atoms with E-state index in [1.807, 2.05) is 36.6 Å². The third kappa shape index (κ3) is 5.14. The molecular formula is C25H25N3OS2. The molecule has 1 amide bonds. The van der Waals surface area contributed by atoms with Gasteiger partial charge in [0.2, 0.25) is 5.91 Å². The highest BCUT2D eigenvalue weighted by atomic mass is 32.2. The second-order valence-electron chi connectivity index (χ2n) is 7.82. The molecule has 0 saturated heterocycles. The van der Waals surface area contributed by atoms with Gasteiger partial charge in [-0.15, -0.1) is 11.3 Å². The van der Waals surface area contributed by atoms with Gasteiger partial charge in [0.1, 0.15) is 5.01 Å². The Morgan fingerprint density at radius 3 is 2.61 bits per heavy atom. The summed E-state index contributed by atoms with van der Waals surface area (Å²) in [5, 5.41) is 8.06. The van der Waals surface area contributed by atoms with Crippen molar-refractivity contribution < 1.29 is 4.79 Å². The number of pyridine rings is 1. The highest BCUT2D eigenvalue weighted by molar-refractivity contribution is 7.98. The number of carbonyl (C=O) groups is 1. The number of fused-ring (bicyclic) bond motifs is 1. The standard InChI is InChI=1S/C25H25N3OS2/c1-15-9-18(4)25-20(10-15)17(3)11-23(28-25)30-13-19-14-31-24(26-19)12-22(29)27-21-8-6-5-7-16(21)2/h5-11,14H,12-13H2,1-4H3,(H,27,29). The Kier molecular flexibility index (Phi) is 6.39. The maximum absolute atomic E-state index is 12.4. The van der Waals surface area contributed by atoms with E-state index in [4.69, 9.17) is 4.98 Å². The van der Waals surface area contributed by atoms with E-state index in [-0.39, 0.29) is 12.3 Å². The number of hydrogen-bond donors (Lipinski definition) is 1. The van der Waals surface area contributed by atoms with Crippen molar-refractivity contribution >= 4 is 45.6 Å². The summed E-state index contributed by atoms with van der Waals surface area (Å²) in [6.07, 6.45) is 0.287. The average Bonchev–Trinajstić information content (AvgIpc) is 3.16. The lowest BCUT2D eigenvalue weighted by molar-refractivity contribution is -0.115.